The van der Waals surface area contributed by atoms with Crippen LogP contribution in [-0.2, 0) is 4.79 Å². The summed E-state index contributed by atoms with van der Waals surface area (Å²) in [6.07, 6.45) is 6.46. The van der Waals surface area contributed by atoms with Crippen molar-refractivity contribution in [3.8, 4) is 11.1 Å². The number of anilines is 1. The van der Waals surface area contributed by atoms with Crippen LogP contribution in [0.2, 0.25) is 0 Å². The second-order valence-corrected chi connectivity index (χ2v) is 6.41. The lowest BCUT2D eigenvalue weighted by Gasteiger charge is -2.12. The molecule has 0 aliphatic heterocycles. The standard InChI is InChI=1S/C16H10F3N5O.C3H6/c17-10-3-11-9(4-21-23-11)14(15(10)16(18)19)8-1-2-13-22-12(20-7-25)6-24(13)5-8;1-2-3-1/h1-7,16H,(H,20,25)(H,21,23);1-3H2. The molecule has 2 N–H and O–H groups in total. The van der Waals surface area contributed by atoms with Crippen LogP contribution in [0, 0.1) is 5.82 Å². The number of amides is 1. The van der Waals surface area contributed by atoms with Crippen LogP contribution in [-0.4, -0.2) is 26.0 Å². The number of fused-ring (bicyclic) bond motifs is 2. The number of alkyl halides is 2. The van der Waals surface area contributed by atoms with E-state index in [1.165, 1.54) is 31.7 Å². The van der Waals surface area contributed by atoms with Gasteiger partial charge in [-0.25, -0.2) is 18.2 Å². The van der Waals surface area contributed by atoms with Crippen molar-refractivity contribution in [3.63, 3.8) is 0 Å². The lowest BCUT2D eigenvalue weighted by molar-refractivity contribution is -0.105. The number of halogens is 3. The highest BCUT2D eigenvalue weighted by atomic mass is 19.3. The van der Waals surface area contributed by atoms with E-state index in [0.717, 1.165) is 6.07 Å². The van der Waals surface area contributed by atoms with E-state index in [-0.39, 0.29) is 5.56 Å². The number of H-pyrrole nitrogens is 1. The zero-order valence-electron chi connectivity index (χ0n) is 14.6. The maximum absolute atomic E-state index is 14.2. The molecule has 1 fully saturated rings. The lowest BCUT2D eigenvalue weighted by Crippen LogP contribution is -1.97. The van der Waals surface area contributed by atoms with Crippen molar-refractivity contribution in [2.45, 2.75) is 25.7 Å². The molecule has 1 saturated carbocycles. The number of aromatic nitrogens is 4. The Balaban J connectivity index is 0.000000586. The predicted molar refractivity (Wildman–Crippen MR) is 98.7 cm³/mol. The van der Waals surface area contributed by atoms with Crippen molar-refractivity contribution in [1.29, 1.82) is 0 Å². The number of hydrogen-bond donors (Lipinski definition) is 2. The number of rotatable bonds is 4. The molecule has 1 aliphatic rings. The van der Waals surface area contributed by atoms with Crippen molar-refractivity contribution in [2.24, 2.45) is 0 Å². The van der Waals surface area contributed by atoms with Gasteiger partial charge in [0.2, 0.25) is 6.41 Å². The Morgan fingerprint density at radius 1 is 1.21 bits per heavy atom. The summed E-state index contributed by atoms with van der Waals surface area (Å²) < 4.78 is 42.8. The van der Waals surface area contributed by atoms with Crippen LogP contribution in [0.1, 0.15) is 31.3 Å². The highest BCUT2D eigenvalue weighted by molar-refractivity contribution is 5.96. The van der Waals surface area contributed by atoms with E-state index in [9.17, 15) is 18.0 Å². The third kappa shape index (κ3) is 3.42. The molecule has 0 bridgehead atoms. The average Bonchev–Trinajstić information content (AvgIpc) is 3.38. The minimum absolute atomic E-state index is 0.0687. The Morgan fingerprint density at radius 3 is 2.68 bits per heavy atom. The number of imidazole rings is 1. The van der Waals surface area contributed by atoms with Gasteiger partial charge < -0.3 is 9.72 Å². The Kier molecular flexibility index (Phi) is 4.72. The number of carbonyl (C=O) groups excluding carboxylic acids is 1. The highest BCUT2D eigenvalue weighted by Crippen LogP contribution is 2.38. The fourth-order valence-electron chi connectivity index (χ4n) is 2.87. The number of nitrogens with one attached hydrogen (secondary N) is 2. The van der Waals surface area contributed by atoms with Crippen molar-refractivity contribution in [3.05, 3.63) is 48.2 Å². The van der Waals surface area contributed by atoms with Crippen LogP contribution in [0.3, 0.4) is 0 Å². The summed E-state index contributed by atoms with van der Waals surface area (Å²) in [7, 11) is 0. The predicted octanol–water partition coefficient (Wildman–Crippen LogP) is 4.69. The molecule has 0 atom stereocenters. The van der Waals surface area contributed by atoms with Gasteiger partial charge in [-0.05, 0) is 17.7 Å². The molecule has 0 radical (unpaired) electrons. The van der Waals surface area contributed by atoms with E-state index in [4.69, 9.17) is 0 Å². The Bertz CT molecular complexity index is 1150. The summed E-state index contributed by atoms with van der Waals surface area (Å²) in [4.78, 5) is 14.7. The number of nitrogens with zero attached hydrogens (tertiary/aromatic N) is 3. The topological polar surface area (TPSA) is 75.1 Å². The van der Waals surface area contributed by atoms with Gasteiger partial charge in [-0.3, -0.25) is 9.89 Å². The molecular formula is C19H16F3N5O. The zero-order valence-corrected chi connectivity index (χ0v) is 14.6. The monoisotopic (exact) mass is 387 g/mol. The summed E-state index contributed by atoms with van der Waals surface area (Å²) in [6, 6.07) is 4.17. The van der Waals surface area contributed by atoms with E-state index in [2.05, 4.69) is 20.5 Å². The SMILES string of the molecule is C1CC1.O=CNc1cn2cc(-c3c(C(F)F)c(F)cc4[nH]ncc34)ccc2n1. The quantitative estimate of drug-likeness (QED) is 0.499. The molecule has 0 spiro atoms. The second kappa shape index (κ2) is 7.34. The van der Waals surface area contributed by atoms with Crippen LogP contribution in [0.25, 0.3) is 27.7 Å². The van der Waals surface area contributed by atoms with E-state index in [0.29, 0.717) is 34.3 Å². The summed E-state index contributed by atoms with van der Waals surface area (Å²) >= 11 is 0. The fraction of sp³-hybridized carbons (Fsp3) is 0.211. The molecule has 0 unspecified atom stereocenters. The number of carbonyl (C=O) groups is 1. The van der Waals surface area contributed by atoms with Crippen molar-refractivity contribution in [1.82, 2.24) is 19.6 Å². The lowest BCUT2D eigenvalue weighted by atomic mass is 9.97. The van der Waals surface area contributed by atoms with Gasteiger partial charge in [-0.2, -0.15) is 5.10 Å². The van der Waals surface area contributed by atoms with Crippen molar-refractivity contribution in [2.75, 3.05) is 5.32 Å². The molecule has 9 heteroatoms. The molecule has 6 nitrogen and oxygen atoms in total. The van der Waals surface area contributed by atoms with Gasteiger partial charge in [-0.15, -0.1) is 0 Å². The summed E-state index contributed by atoms with van der Waals surface area (Å²) in [6.45, 7) is 0. The average molecular weight is 387 g/mol. The van der Waals surface area contributed by atoms with E-state index in [1.807, 2.05) is 0 Å². The molecule has 4 aromatic rings. The zero-order chi connectivity index (χ0) is 19.7. The number of pyridine rings is 1. The first-order valence-electron chi connectivity index (χ1n) is 8.71. The fourth-order valence-corrected chi connectivity index (χ4v) is 2.87. The van der Waals surface area contributed by atoms with E-state index in [1.54, 1.807) is 22.7 Å². The normalized spacial score (nSPS) is 12.9. The summed E-state index contributed by atoms with van der Waals surface area (Å²) in [5.41, 5.74) is 0.597. The number of benzene rings is 1. The van der Waals surface area contributed by atoms with Crippen molar-refractivity contribution >= 4 is 28.8 Å². The third-order valence-corrected chi connectivity index (χ3v) is 4.25. The largest absolute Gasteiger partial charge is 0.312 e. The van der Waals surface area contributed by atoms with Gasteiger partial charge in [0.1, 0.15) is 11.5 Å². The molecule has 3 aromatic heterocycles. The smallest absolute Gasteiger partial charge is 0.267 e. The maximum Gasteiger partial charge on any atom is 0.267 e. The molecule has 1 aliphatic carbocycles. The van der Waals surface area contributed by atoms with E-state index < -0.39 is 17.8 Å². The maximum atomic E-state index is 14.2. The minimum Gasteiger partial charge on any atom is -0.312 e. The first kappa shape index (κ1) is 18.0. The molecule has 3 heterocycles. The molecular weight excluding hydrogens is 371 g/mol. The Morgan fingerprint density at radius 2 is 2.00 bits per heavy atom. The van der Waals surface area contributed by atoms with E-state index >= 15 is 0 Å². The molecule has 5 rings (SSSR count). The van der Waals surface area contributed by atoms with Gasteiger partial charge in [0.25, 0.3) is 6.43 Å². The summed E-state index contributed by atoms with van der Waals surface area (Å²) in [5.74, 6) is -0.690. The Labute approximate surface area is 157 Å². The van der Waals surface area contributed by atoms with Gasteiger partial charge >= 0.3 is 0 Å². The molecule has 1 aromatic carbocycles. The van der Waals surface area contributed by atoms with Crippen LogP contribution in [0.5, 0.6) is 0 Å². The van der Waals surface area contributed by atoms with Gasteiger partial charge in [0, 0.05) is 23.2 Å². The molecule has 0 saturated heterocycles. The Hall–Kier alpha value is -3.36. The molecule has 1 amide bonds. The van der Waals surface area contributed by atoms with Gasteiger partial charge in [0.05, 0.1) is 23.5 Å². The highest BCUT2D eigenvalue weighted by Gasteiger charge is 2.23. The van der Waals surface area contributed by atoms with Crippen LogP contribution in [0.4, 0.5) is 19.0 Å². The minimum atomic E-state index is -2.99. The van der Waals surface area contributed by atoms with Gasteiger partial charge in [0.15, 0.2) is 5.82 Å². The van der Waals surface area contributed by atoms with Crippen LogP contribution in [0.15, 0.2) is 36.8 Å². The van der Waals surface area contributed by atoms with Crippen molar-refractivity contribution < 1.29 is 18.0 Å². The first-order chi connectivity index (χ1) is 13.6. The number of aromatic amines is 1. The third-order valence-electron chi connectivity index (χ3n) is 4.25. The van der Waals surface area contributed by atoms with Crippen LogP contribution < -0.4 is 5.32 Å². The molecule has 144 valence electrons. The summed E-state index contributed by atoms with van der Waals surface area (Å²) in [5, 5.41) is 9.21. The van der Waals surface area contributed by atoms with Crippen LogP contribution >= 0.6 is 0 Å². The molecule has 28 heavy (non-hydrogen) atoms. The van der Waals surface area contributed by atoms with Gasteiger partial charge in [-0.1, -0.05) is 19.3 Å². The number of hydrogen-bond acceptors (Lipinski definition) is 3. The second-order valence-electron chi connectivity index (χ2n) is 6.41. The first-order valence-corrected chi connectivity index (χ1v) is 8.71.